The minimum atomic E-state index is -3.54. The lowest BCUT2D eigenvalue weighted by Crippen LogP contribution is -2.40. The van der Waals surface area contributed by atoms with E-state index in [9.17, 15) is 13.2 Å². The van der Waals surface area contributed by atoms with E-state index in [-0.39, 0.29) is 17.2 Å². The van der Waals surface area contributed by atoms with Crippen LogP contribution >= 0.6 is 23.2 Å². The number of nitrogens with zero attached hydrogens (tertiary/aromatic N) is 1. The largest absolute Gasteiger partial charge is 0.379 e. The van der Waals surface area contributed by atoms with Gasteiger partial charge in [-0.05, 0) is 48.4 Å². The van der Waals surface area contributed by atoms with Crippen LogP contribution in [0.3, 0.4) is 0 Å². The van der Waals surface area contributed by atoms with Gasteiger partial charge in [0.1, 0.15) is 0 Å². The summed E-state index contributed by atoms with van der Waals surface area (Å²) in [5.41, 5.74) is 1.46. The number of halogens is 2. The number of carbonyl (C=O) groups excluding carboxylic acids is 1. The third kappa shape index (κ3) is 5.24. The molecule has 1 saturated heterocycles. The first-order valence-corrected chi connectivity index (χ1v) is 11.0. The average molecular weight is 443 g/mol. The predicted molar refractivity (Wildman–Crippen MR) is 109 cm³/mol. The predicted octanol–water partition coefficient (Wildman–Crippen LogP) is 3.59. The lowest BCUT2D eigenvalue weighted by atomic mass is 10.1. The number of nitrogens with one attached hydrogen (secondary N) is 1. The van der Waals surface area contributed by atoms with Gasteiger partial charge in [-0.15, -0.1) is 0 Å². The van der Waals surface area contributed by atoms with Gasteiger partial charge < -0.3 is 10.1 Å². The highest BCUT2D eigenvalue weighted by Crippen LogP contribution is 2.23. The van der Waals surface area contributed by atoms with Crippen molar-refractivity contribution in [1.29, 1.82) is 0 Å². The summed E-state index contributed by atoms with van der Waals surface area (Å²) in [5, 5.41) is 3.70. The van der Waals surface area contributed by atoms with Crippen LogP contribution in [-0.4, -0.2) is 44.9 Å². The lowest BCUT2D eigenvalue weighted by Gasteiger charge is -2.26. The molecule has 6 nitrogen and oxygen atoms in total. The van der Waals surface area contributed by atoms with Crippen molar-refractivity contribution in [2.75, 3.05) is 31.6 Å². The Bertz CT molecular complexity index is 943. The van der Waals surface area contributed by atoms with E-state index >= 15 is 0 Å². The number of morpholine rings is 1. The molecule has 9 heteroatoms. The molecular formula is C19H20Cl2N2O4S. The summed E-state index contributed by atoms with van der Waals surface area (Å²) in [5.74, 6) is -0.171. The SMILES string of the molecule is O=C(CCc1ccc(Cl)c(Cl)c1)Nc1ccc(S(=O)(=O)N2CCOCC2)cc1. The van der Waals surface area contributed by atoms with Crippen molar-refractivity contribution < 1.29 is 17.9 Å². The zero-order chi connectivity index (χ0) is 20.1. The quantitative estimate of drug-likeness (QED) is 0.741. The van der Waals surface area contributed by atoms with Gasteiger partial charge in [0.25, 0.3) is 0 Å². The summed E-state index contributed by atoms with van der Waals surface area (Å²) in [6.45, 7) is 1.48. The highest BCUT2D eigenvalue weighted by Gasteiger charge is 2.26. The van der Waals surface area contributed by atoms with E-state index in [2.05, 4.69) is 5.32 Å². The molecule has 1 amide bonds. The van der Waals surface area contributed by atoms with Crippen molar-refractivity contribution >= 4 is 44.8 Å². The number of amides is 1. The number of ether oxygens (including phenoxy) is 1. The normalized spacial score (nSPS) is 15.4. The van der Waals surface area contributed by atoms with Gasteiger partial charge in [0.15, 0.2) is 0 Å². The molecule has 0 spiro atoms. The van der Waals surface area contributed by atoms with Gasteiger partial charge in [-0.3, -0.25) is 4.79 Å². The summed E-state index contributed by atoms with van der Waals surface area (Å²) in [4.78, 5) is 12.4. The zero-order valence-corrected chi connectivity index (χ0v) is 17.4. The van der Waals surface area contributed by atoms with Gasteiger partial charge in [-0.1, -0.05) is 29.3 Å². The van der Waals surface area contributed by atoms with Crippen LogP contribution in [0.15, 0.2) is 47.4 Å². The van der Waals surface area contributed by atoms with E-state index in [1.807, 2.05) is 6.07 Å². The Morgan fingerprint density at radius 1 is 1.04 bits per heavy atom. The van der Waals surface area contributed by atoms with Gasteiger partial charge in [0, 0.05) is 25.2 Å². The third-order valence-electron chi connectivity index (χ3n) is 4.37. The molecule has 0 bridgehead atoms. The van der Waals surface area contributed by atoms with Crippen LogP contribution in [-0.2, 0) is 26.0 Å². The molecule has 1 aliphatic rings. The van der Waals surface area contributed by atoms with E-state index in [1.165, 1.54) is 16.4 Å². The number of carbonyl (C=O) groups is 1. The number of rotatable bonds is 6. The Morgan fingerprint density at radius 2 is 1.71 bits per heavy atom. The molecule has 3 rings (SSSR count). The number of benzene rings is 2. The molecule has 0 aromatic heterocycles. The second-order valence-corrected chi connectivity index (χ2v) is 9.09. The molecule has 0 saturated carbocycles. The van der Waals surface area contributed by atoms with Crippen molar-refractivity contribution in [2.45, 2.75) is 17.7 Å². The van der Waals surface area contributed by atoms with Gasteiger partial charge in [0.2, 0.25) is 15.9 Å². The Kier molecular flexibility index (Phi) is 6.95. The molecule has 1 aliphatic heterocycles. The molecule has 2 aromatic carbocycles. The first kappa shape index (κ1) is 21.1. The monoisotopic (exact) mass is 442 g/mol. The Morgan fingerprint density at radius 3 is 2.36 bits per heavy atom. The smallest absolute Gasteiger partial charge is 0.243 e. The first-order chi connectivity index (χ1) is 13.4. The van der Waals surface area contributed by atoms with E-state index in [0.29, 0.717) is 48.5 Å². The molecule has 2 aromatic rings. The van der Waals surface area contributed by atoms with Gasteiger partial charge >= 0.3 is 0 Å². The van der Waals surface area contributed by atoms with Crippen LogP contribution in [0, 0.1) is 0 Å². The topological polar surface area (TPSA) is 75.7 Å². The Labute approximate surface area is 174 Å². The first-order valence-electron chi connectivity index (χ1n) is 8.78. The van der Waals surface area contributed by atoms with Crippen molar-refractivity contribution in [2.24, 2.45) is 0 Å². The summed E-state index contributed by atoms with van der Waals surface area (Å²) >= 11 is 11.9. The van der Waals surface area contributed by atoms with Gasteiger partial charge in [0.05, 0.1) is 28.2 Å². The second kappa shape index (κ2) is 9.24. The summed E-state index contributed by atoms with van der Waals surface area (Å²) in [6, 6.07) is 11.4. The fourth-order valence-corrected chi connectivity index (χ4v) is 4.55. The molecule has 0 radical (unpaired) electrons. The summed E-state index contributed by atoms with van der Waals surface area (Å²) in [6.07, 6.45) is 0.790. The summed E-state index contributed by atoms with van der Waals surface area (Å²) in [7, 11) is -3.54. The minimum absolute atomic E-state index is 0.171. The number of aryl methyl sites for hydroxylation is 1. The lowest BCUT2D eigenvalue weighted by molar-refractivity contribution is -0.116. The van der Waals surface area contributed by atoms with Crippen LogP contribution < -0.4 is 5.32 Å². The average Bonchev–Trinajstić information content (AvgIpc) is 2.70. The van der Waals surface area contributed by atoms with Crippen LogP contribution in [0.2, 0.25) is 10.0 Å². The molecular weight excluding hydrogens is 423 g/mol. The molecule has 1 fully saturated rings. The molecule has 0 atom stereocenters. The molecule has 1 heterocycles. The second-order valence-electron chi connectivity index (χ2n) is 6.34. The molecule has 28 heavy (non-hydrogen) atoms. The maximum Gasteiger partial charge on any atom is 0.243 e. The number of hydrogen-bond acceptors (Lipinski definition) is 4. The van der Waals surface area contributed by atoms with Crippen LogP contribution in [0.25, 0.3) is 0 Å². The highest BCUT2D eigenvalue weighted by atomic mass is 35.5. The van der Waals surface area contributed by atoms with Crippen LogP contribution in [0.4, 0.5) is 5.69 Å². The summed E-state index contributed by atoms with van der Waals surface area (Å²) < 4.78 is 31.8. The molecule has 1 N–H and O–H groups in total. The number of sulfonamides is 1. The van der Waals surface area contributed by atoms with Gasteiger partial charge in [-0.25, -0.2) is 8.42 Å². The molecule has 0 aliphatic carbocycles. The van der Waals surface area contributed by atoms with Gasteiger partial charge in [-0.2, -0.15) is 4.31 Å². The maximum absolute atomic E-state index is 12.6. The van der Waals surface area contributed by atoms with E-state index in [1.54, 1.807) is 24.3 Å². The van der Waals surface area contributed by atoms with Crippen molar-refractivity contribution in [1.82, 2.24) is 4.31 Å². The van der Waals surface area contributed by atoms with Crippen molar-refractivity contribution in [3.63, 3.8) is 0 Å². The zero-order valence-electron chi connectivity index (χ0n) is 15.0. The number of hydrogen-bond donors (Lipinski definition) is 1. The number of anilines is 1. The van der Waals surface area contributed by atoms with Crippen LogP contribution in [0.1, 0.15) is 12.0 Å². The fraction of sp³-hybridized carbons (Fsp3) is 0.316. The van der Waals surface area contributed by atoms with Crippen molar-refractivity contribution in [3.05, 3.63) is 58.1 Å². The highest BCUT2D eigenvalue weighted by molar-refractivity contribution is 7.89. The Balaban J connectivity index is 1.57. The standard InChI is InChI=1S/C19H20Cl2N2O4S/c20-17-7-1-14(13-18(17)21)2-8-19(24)22-15-3-5-16(6-4-15)28(25,26)23-9-11-27-12-10-23/h1,3-7,13H,2,8-12H2,(H,22,24). The molecule has 0 unspecified atom stereocenters. The molecule has 150 valence electrons. The third-order valence-corrected chi connectivity index (χ3v) is 7.02. The van der Waals surface area contributed by atoms with Crippen molar-refractivity contribution in [3.8, 4) is 0 Å². The maximum atomic E-state index is 12.6. The van der Waals surface area contributed by atoms with E-state index < -0.39 is 10.0 Å². The van der Waals surface area contributed by atoms with Crippen LogP contribution in [0.5, 0.6) is 0 Å². The van der Waals surface area contributed by atoms with E-state index in [0.717, 1.165) is 5.56 Å². The fourth-order valence-electron chi connectivity index (χ4n) is 2.82. The minimum Gasteiger partial charge on any atom is -0.379 e. The van der Waals surface area contributed by atoms with E-state index in [4.69, 9.17) is 27.9 Å². The Hall–Kier alpha value is -1.64.